The van der Waals surface area contributed by atoms with Crippen molar-refractivity contribution in [2.75, 3.05) is 25.6 Å². The van der Waals surface area contributed by atoms with E-state index in [0.717, 1.165) is 13.0 Å². The maximum absolute atomic E-state index is 10.2. The van der Waals surface area contributed by atoms with Gasteiger partial charge in [-0.15, -0.1) is 0 Å². The molecule has 0 heterocycles. The van der Waals surface area contributed by atoms with Crippen LogP contribution in [0.3, 0.4) is 0 Å². The van der Waals surface area contributed by atoms with E-state index in [0.29, 0.717) is 23.8 Å². The second-order valence-corrected chi connectivity index (χ2v) is 6.94. The first kappa shape index (κ1) is 15.3. The van der Waals surface area contributed by atoms with Gasteiger partial charge in [0.05, 0.1) is 6.10 Å². The summed E-state index contributed by atoms with van der Waals surface area (Å²) >= 11 is 1.90. The van der Waals surface area contributed by atoms with Crippen molar-refractivity contribution in [1.29, 1.82) is 0 Å². The van der Waals surface area contributed by atoms with E-state index >= 15 is 0 Å². The molecule has 0 aromatic heterocycles. The third-order valence-corrected chi connectivity index (χ3v) is 5.12. The molecule has 5 atom stereocenters. The van der Waals surface area contributed by atoms with E-state index in [4.69, 9.17) is 0 Å². The Kier molecular flexibility index (Phi) is 6.32. The second kappa shape index (κ2) is 7.01. The molecule has 0 aromatic rings. The number of aliphatic hydroxyl groups is 1. The smallest absolute Gasteiger partial charge is 0.0585 e. The lowest BCUT2D eigenvalue weighted by Crippen LogP contribution is -2.44. The van der Waals surface area contributed by atoms with Gasteiger partial charge in [-0.1, -0.05) is 13.8 Å². The highest BCUT2D eigenvalue weighted by Crippen LogP contribution is 2.34. The highest BCUT2D eigenvalue weighted by Gasteiger charge is 2.33. The lowest BCUT2D eigenvalue weighted by Gasteiger charge is -2.40. The van der Waals surface area contributed by atoms with Gasteiger partial charge in [-0.3, -0.25) is 0 Å². The predicted molar refractivity (Wildman–Crippen MR) is 77.5 cm³/mol. The first-order valence-corrected chi connectivity index (χ1v) is 8.22. The Labute approximate surface area is 111 Å². The predicted octanol–water partition coefficient (Wildman–Crippen LogP) is 2.71. The number of rotatable bonds is 5. The van der Waals surface area contributed by atoms with Gasteiger partial charge in [0.1, 0.15) is 0 Å². The summed E-state index contributed by atoms with van der Waals surface area (Å²) in [5.41, 5.74) is 0. The van der Waals surface area contributed by atoms with Crippen LogP contribution < -0.4 is 0 Å². The number of aliphatic hydroxyl groups excluding tert-OH is 1. The van der Waals surface area contributed by atoms with E-state index < -0.39 is 0 Å². The summed E-state index contributed by atoms with van der Waals surface area (Å²) in [4.78, 5) is 2.41. The van der Waals surface area contributed by atoms with Gasteiger partial charge in [0.25, 0.3) is 0 Å². The van der Waals surface area contributed by atoms with Crippen LogP contribution in [0.5, 0.6) is 0 Å². The standard InChI is InChI=1S/C14H29NOS/c1-10-6-11(2)13(14(16)7-10)8-15(4)12(3)9-17-5/h10-14,16H,6-9H2,1-5H3. The third-order valence-electron chi connectivity index (χ3n) is 4.30. The van der Waals surface area contributed by atoms with Crippen molar-refractivity contribution < 1.29 is 5.11 Å². The van der Waals surface area contributed by atoms with Crippen LogP contribution in [0.25, 0.3) is 0 Å². The van der Waals surface area contributed by atoms with E-state index in [2.05, 4.69) is 39.0 Å². The summed E-state index contributed by atoms with van der Waals surface area (Å²) in [5.74, 6) is 2.97. The Hall–Kier alpha value is 0.270. The van der Waals surface area contributed by atoms with Gasteiger partial charge in [0.2, 0.25) is 0 Å². The maximum Gasteiger partial charge on any atom is 0.0585 e. The molecule has 0 aliphatic heterocycles. The minimum atomic E-state index is -0.0994. The van der Waals surface area contributed by atoms with Crippen molar-refractivity contribution in [3.63, 3.8) is 0 Å². The average Bonchev–Trinajstić information content (AvgIpc) is 2.23. The Morgan fingerprint density at radius 3 is 2.53 bits per heavy atom. The highest BCUT2D eigenvalue weighted by molar-refractivity contribution is 7.98. The van der Waals surface area contributed by atoms with Crippen LogP contribution in [0.2, 0.25) is 0 Å². The van der Waals surface area contributed by atoms with Gasteiger partial charge < -0.3 is 10.0 Å². The van der Waals surface area contributed by atoms with E-state index in [1.807, 2.05) is 11.8 Å². The Morgan fingerprint density at radius 2 is 2.00 bits per heavy atom. The van der Waals surface area contributed by atoms with Crippen molar-refractivity contribution in [3.05, 3.63) is 0 Å². The molecule has 1 rings (SSSR count). The van der Waals surface area contributed by atoms with Crippen LogP contribution in [-0.2, 0) is 0 Å². The molecule has 1 N–H and O–H groups in total. The molecule has 2 nitrogen and oxygen atoms in total. The molecule has 0 aromatic carbocycles. The molecule has 0 amide bonds. The normalized spacial score (nSPS) is 36.2. The first-order valence-electron chi connectivity index (χ1n) is 6.82. The fourth-order valence-corrected chi connectivity index (χ4v) is 3.79. The Morgan fingerprint density at radius 1 is 1.35 bits per heavy atom. The average molecular weight is 259 g/mol. The topological polar surface area (TPSA) is 23.5 Å². The van der Waals surface area contributed by atoms with Crippen LogP contribution in [0.15, 0.2) is 0 Å². The van der Waals surface area contributed by atoms with Gasteiger partial charge >= 0.3 is 0 Å². The lowest BCUT2D eigenvalue weighted by atomic mass is 9.73. The summed E-state index contributed by atoms with van der Waals surface area (Å²) in [7, 11) is 2.19. The zero-order valence-electron chi connectivity index (χ0n) is 12.0. The monoisotopic (exact) mass is 259 g/mol. The van der Waals surface area contributed by atoms with E-state index in [1.54, 1.807) is 0 Å². The molecular weight excluding hydrogens is 230 g/mol. The minimum absolute atomic E-state index is 0.0994. The van der Waals surface area contributed by atoms with Crippen molar-refractivity contribution >= 4 is 11.8 Å². The Balaban J connectivity index is 2.49. The first-order chi connectivity index (χ1) is 7.95. The fourth-order valence-electron chi connectivity index (χ4n) is 3.05. The van der Waals surface area contributed by atoms with Gasteiger partial charge in [-0.25, -0.2) is 0 Å². The molecule has 1 saturated carbocycles. The summed E-state index contributed by atoms with van der Waals surface area (Å²) in [5, 5.41) is 10.2. The fraction of sp³-hybridized carbons (Fsp3) is 1.00. The minimum Gasteiger partial charge on any atom is -0.393 e. The summed E-state index contributed by atoms with van der Waals surface area (Å²) in [6.07, 6.45) is 4.31. The number of hydrogen-bond acceptors (Lipinski definition) is 3. The molecule has 1 fully saturated rings. The molecule has 0 radical (unpaired) electrons. The molecule has 1 aliphatic rings. The van der Waals surface area contributed by atoms with Gasteiger partial charge in [0, 0.05) is 24.3 Å². The molecule has 0 saturated heterocycles. The van der Waals surface area contributed by atoms with E-state index in [-0.39, 0.29) is 6.10 Å². The van der Waals surface area contributed by atoms with Gasteiger partial charge in [-0.2, -0.15) is 11.8 Å². The van der Waals surface area contributed by atoms with Crippen LogP contribution in [0.4, 0.5) is 0 Å². The summed E-state index contributed by atoms with van der Waals surface area (Å²) in [6.45, 7) is 7.88. The molecular formula is C14H29NOS. The zero-order valence-corrected chi connectivity index (χ0v) is 12.8. The zero-order chi connectivity index (χ0) is 13.0. The quantitative estimate of drug-likeness (QED) is 0.821. The van der Waals surface area contributed by atoms with E-state index in [9.17, 15) is 5.11 Å². The number of hydrogen-bond donors (Lipinski definition) is 1. The lowest BCUT2D eigenvalue weighted by molar-refractivity contribution is -0.00189. The number of thioether (sulfide) groups is 1. The Bertz CT molecular complexity index is 212. The van der Waals surface area contributed by atoms with Crippen molar-refractivity contribution in [2.24, 2.45) is 17.8 Å². The molecule has 1 aliphatic carbocycles. The molecule has 0 bridgehead atoms. The molecule has 102 valence electrons. The van der Waals surface area contributed by atoms with Crippen LogP contribution >= 0.6 is 11.8 Å². The van der Waals surface area contributed by atoms with Crippen molar-refractivity contribution in [1.82, 2.24) is 4.90 Å². The SMILES string of the molecule is CSCC(C)N(C)CC1C(C)CC(C)CC1O. The summed E-state index contributed by atoms with van der Waals surface area (Å²) in [6, 6.07) is 0.601. The van der Waals surface area contributed by atoms with Crippen LogP contribution in [0, 0.1) is 17.8 Å². The molecule has 3 heteroatoms. The van der Waals surface area contributed by atoms with E-state index in [1.165, 1.54) is 12.2 Å². The van der Waals surface area contributed by atoms with Crippen LogP contribution in [0.1, 0.15) is 33.6 Å². The van der Waals surface area contributed by atoms with Crippen molar-refractivity contribution in [3.8, 4) is 0 Å². The van der Waals surface area contributed by atoms with Gasteiger partial charge in [0.15, 0.2) is 0 Å². The highest BCUT2D eigenvalue weighted by atomic mass is 32.2. The third kappa shape index (κ3) is 4.46. The number of nitrogens with zero attached hydrogens (tertiary/aromatic N) is 1. The van der Waals surface area contributed by atoms with Gasteiger partial charge in [-0.05, 0) is 44.9 Å². The largest absolute Gasteiger partial charge is 0.393 e. The molecule has 5 unspecified atom stereocenters. The molecule has 17 heavy (non-hydrogen) atoms. The van der Waals surface area contributed by atoms with Crippen molar-refractivity contribution in [2.45, 2.75) is 45.8 Å². The summed E-state index contributed by atoms with van der Waals surface area (Å²) < 4.78 is 0. The maximum atomic E-state index is 10.2. The molecule has 0 spiro atoms. The second-order valence-electron chi connectivity index (χ2n) is 6.03. The van der Waals surface area contributed by atoms with Crippen LogP contribution in [-0.4, -0.2) is 47.8 Å².